The summed E-state index contributed by atoms with van der Waals surface area (Å²) in [5.74, 6) is 2.38. The summed E-state index contributed by atoms with van der Waals surface area (Å²) in [5, 5.41) is 3.08. The monoisotopic (exact) mass is 327 g/mol. The topological polar surface area (TPSA) is 68.9 Å². The van der Waals surface area contributed by atoms with Crippen LogP contribution in [0.3, 0.4) is 0 Å². The van der Waals surface area contributed by atoms with Gasteiger partial charge in [0.05, 0.1) is 19.9 Å². The third-order valence-electron chi connectivity index (χ3n) is 3.69. The third-order valence-corrected chi connectivity index (χ3v) is 3.69. The second kappa shape index (κ2) is 8.82. The number of hydrogen-bond donors (Lipinski definition) is 2. The Labute approximate surface area is 143 Å². The lowest BCUT2D eigenvalue weighted by Gasteiger charge is -2.12. The molecule has 3 N–H and O–H groups in total. The summed E-state index contributed by atoms with van der Waals surface area (Å²) in [7, 11) is 3.30. The van der Waals surface area contributed by atoms with Crippen LogP contribution in [0, 0.1) is 5.92 Å². The summed E-state index contributed by atoms with van der Waals surface area (Å²) in [5.41, 5.74) is 8.04. The van der Waals surface area contributed by atoms with Gasteiger partial charge in [0, 0.05) is 6.54 Å². The van der Waals surface area contributed by atoms with Crippen LogP contribution in [0.15, 0.2) is 53.5 Å². The van der Waals surface area contributed by atoms with Crippen LogP contribution in [0.5, 0.6) is 11.5 Å². The number of guanidine groups is 1. The van der Waals surface area contributed by atoms with Crippen LogP contribution in [0.2, 0.25) is 0 Å². The minimum Gasteiger partial charge on any atom is -0.497 e. The second-order valence-corrected chi connectivity index (χ2v) is 5.71. The van der Waals surface area contributed by atoms with E-state index >= 15 is 0 Å². The molecule has 0 amide bonds. The molecule has 0 spiro atoms. The quantitative estimate of drug-likeness (QED) is 0.605. The maximum absolute atomic E-state index is 5.98. The van der Waals surface area contributed by atoms with Crippen LogP contribution >= 0.6 is 0 Å². The maximum atomic E-state index is 5.98. The van der Waals surface area contributed by atoms with E-state index in [2.05, 4.69) is 29.4 Å². The van der Waals surface area contributed by atoms with E-state index in [4.69, 9.17) is 15.2 Å². The van der Waals surface area contributed by atoms with Crippen LogP contribution in [0.25, 0.3) is 0 Å². The molecule has 0 saturated heterocycles. The number of ether oxygens (including phenoxy) is 2. The minimum atomic E-state index is 0.386. The molecule has 0 fully saturated rings. The van der Waals surface area contributed by atoms with Gasteiger partial charge in [0.15, 0.2) is 5.96 Å². The van der Waals surface area contributed by atoms with E-state index in [-0.39, 0.29) is 0 Å². The summed E-state index contributed by atoms with van der Waals surface area (Å²) < 4.78 is 10.5. The highest BCUT2D eigenvalue weighted by Crippen LogP contribution is 2.22. The fourth-order valence-corrected chi connectivity index (χ4v) is 2.41. The van der Waals surface area contributed by atoms with Crippen molar-refractivity contribution in [3.05, 3.63) is 54.1 Å². The first-order valence-corrected chi connectivity index (χ1v) is 7.95. The van der Waals surface area contributed by atoms with Gasteiger partial charge in [-0.2, -0.15) is 0 Å². The lowest BCUT2D eigenvalue weighted by atomic mass is 10.0. The van der Waals surface area contributed by atoms with Gasteiger partial charge < -0.3 is 20.5 Å². The summed E-state index contributed by atoms with van der Waals surface area (Å²) in [6.07, 6.45) is 0.940. The van der Waals surface area contributed by atoms with Crippen molar-refractivity contribution in [3.63, 3.8) is 0 Å². The van der Waals surface area contributed by atoms with Crippen molar-refractivity contribution in [1.82, 2.24) is 0 Å². The Bertz CT molecular complexity index is 669. The first kappa shape index (κ1) is 17.7. The van der Waals surface area contributed by atoms with Gasteiger partial charge in [-0.1, -0.05) is 31.2 Å². The Morgan fingerprint density at radius 3 is 2.46 bits per heavy atom. The lowest BCUT2D eigenvalue weighted by Crippen LogP contribution is -2.24. The van der Waals surface area contributed by atoms with Crippen molar-refractivity contribution < 1.29 is 9.47 Å². The molecule has 0 heterocycles. The van der Waals surface area contributed by atoms with E-state index in [9.17, 15) is 0 Å². The Morgan fingerprint density at radius 2 is 1.79 bits per heavy atom. The first-order valence-electron chi connectivity index (χ1n) is 7.95. The zero-order valence-corrected chi connectivity index (χ0v) is 14.5. The van der Waals surface area contributed by atoms with Gasteiger partial charge in [0.1, 0.15) is 11.5 Å². The van der Waals surface area contributed by atoms with E-state index in [1.54, 1.807) is 14.2 Å². The molecular weight excluding hydrogens is 302 g/mol. The van der Waals surface area contributed by atoms with E-state index in [0.717, 1.165) is 23.6 Å². The fraction of sp³-hybridized carbons (Fsp3) is 0.316. The molecule has 5 heteroatoms. The van der Waals surface area contributed by atoms with Crippen LogP contribution in [0.1, 0.15) is 12.5 Å². The number of anilines is 1. The van der Waals surface area contributed by atoms with Crippen molar-refractivity contribution in [2.45, 2.75) is 13.3 Å². The largest absolute Gasteiger partial charge is 0.497 e. The molecule has 1 unspecified atom stereocenters. The Kier molecular flexibility index (Phi) is 6.49. The Balaban J connectivity index is 1.88. The minimum absolute atomic E-state index is 0.386. The van der Waals surface area contributed by atoms with Gasteiger partial charge >= 0.3 is 0 Å². The fourth-order valence-electron chi connectivity index (χ4n) is 2.41. The Morgan fingerprint density at radius 1 is 1.08 bits per heavy atom. The molecule has 2 aromatic carbocycles. The molecule has 5 nitrogen and oxygen atoms in total. The number of hydrogen-bond acceptors (Lipinski definition) is 3. The zero-order chi connectivity index (χ0) is 17.4. The number of nitrogens with two attached hydrogens (primary N) is 1. The summed E-state index contributed by atoms with van der Waals surface area (Å²) in [6, 6.07) is 15.7. The van der Waals surface area contributed by atoms with Gasteiger partial charge in [0.25, 0.3) is 0 Å². The predicted molar refractivity (Wildman–Crippen MR) is 99.0 cm³/mol. The molecule has 1 atom stereocenters. The number of rotatable bonds is 7. The van der Waals surface area contributed by atoms with Gasteiger partial charge in [0.2, 0.25) is 0 Å². The normalized spacial score (nSPS) is 12.5. The van der Waals surface area contributed by atoms with Crippen molar-refractivity contribution in [3.8, 4) is 11.5 Å². The van der Waals surface area contributed by atoms with Crippen molar-refractivity contribution in [2.24, 2.45) is 16.6 Å². The first-order chi connectivity index (χ1) is 11.6. The molecule has 0 aliphatic heterocycles. The Hall–Kier alpha value is -2.69. The number of para-hydroxylation sites is 2. The van der Waals surface area contributed by atoms with Gasteiger partial charge in [-0.3, -0.25) is 4.99 Å². The van der Waals surface area contributed by atoms with Gasteiger partial charge in [-0.25, -0.2) is 0 Å². The molecule has 2 rings (SSSR count). The van der Waals surface area contributed by atoms with Crippen LogP contribution in [-0.4, -0.2) is 26.7 Å². The van der Waals surface area contributed by atoms with E-state index in [0.29, 0.717) is 18.4 Å². The van der Waals surface area contributed by atoms with Gasteiger partial charge in [-0.05, 0) is 42.2 Å². The van der Waals surface area contributed by atoms with E-state index in [1.807, 2.05) is 36.4 Å². The van der Waals surface area contributed by atoms with Crippen LogP contribution in [0.4, 0.5) is 5.69 Å². The van der Waals surface area contributed by atoms with Crippen LogP contribution < -0.4 is 20.5 Å². The number of aliphatic imine (C=N–C) groups is 1. The van der Waals surface area contributed by atoms with Crippen LogP contribution in [-0.2, 0) is 6.42 Å². The summed E-state index contributed by atoms with van der Waals surface area (Å²) in [6.45, 7) is 2.81. The maximum Gasteiger partial charge on any atom is 0.193 e. The average Bonchev–Trinajstić information content (AvgIpc) is 2.61. The zero-order valence-electron chi connectivity index (χ0n) is 14.5. The van der Waals surface area contributed by atoms with Crippen molar-refractivity contribution in [2.75, 3.05) is 26.1 Å². The van der Waals surface area contributed by atoms with Crippen molar-refractivity contribution >= 4 is 11.6 Å². The molecule has 0 saturated carbocycles. The molecule has 2 aromatic rings. The highest BCUT2D eigenvalue weighted by atomic mass is 16.5. The average molecular weight is 327 g/mol. The predicted octanol–water partition coefficient (Wildman–Crippen LogP) is 3.31. The SMILES string of the molecule is COc1ccc(CC(C)CN=C(N)Nc2ccccc2OC)cc1. The molecule has 0 bridgehead atoms. The molecular formula is C19H25N3O2. The molecule has 0 radical (unpaired) electrons. The van der Waals surface area contributed by atoms with E-state index < -0.39 is 0 Å². The number of benzene rings is 2. The highest BCUT2D eigenvalue weighted by molar-refractivity contribution is 5.93. The van der Waals surface area contributed by atoms with Gasteiger partial charge in [-0.15, -0.1) is 0 Å². The second-order valence-electron chi connectivity index (χ2n) is 5.71. The van der Waals surface area contributed by atoms with E-state index in [1.165, 1.54) is 5.56 Å². The number of nitrogens with zero attached hydrogens (tertiary/aromatic N) is 1. The molecule has 0 aliphatic rings. The summed E-state index contributed by atoms with van der Waals surface area (Å²) in [4.78, 5) is 4.43. The molecule has 24 heavy (non-hydrogen) atoms. The molecule has 0 aromatic heterocycles. The summed E-state index contributed by atoms with van der Waals surface area (Å²) >= 11 is 0. The number of nitrogens with one attached hydrogen (secondary N) is 1. The number of methoxy groups -OCH3 is 2. The third kappa shape index (κ3) is 5.19. The molecule has 0 aliphatic carbocycles. The smallest absolute Gasteiger partial charge is 0.193 e. The van der Waals surface area contributed by atoms with Crippen molar-refractivity contribution in [1.29, 1.82) is 0 Å². The lowest BCUT2D eigenvalue weighted by molar-refractivity contribution is 0.414. The standard InChI is InChI=1S/C19H25N3O2/c1-14(12-15-8-10-16(23-2)11-9-15)13-21-19(20)22-17-6-4-5-7-18(17)24-3/h4-11,14H,12-13H2,1-3H3,(H3,20,21,22). The molecule has 128 valence electrons. The highest BCUT2D eigenvalue weighted by Gasteiger charge is 2.06.